The Morgan fingerprint density at radius 3 is 3.04 bits per heavy atom. The van der Waals surface area contributed by atoms with Gasteiger partial charge in [-0.2, -0.15) is 11.8 Å². The van der Waals surface area contributed by atoms with E-state index in [1.54, 1.807) is 6.07 Å². The van der Waals surface area contributed by atoms with Crippen LogP contribution in [0.2, 0.25) is 0 Å². The molecule has 2 heterocycles. The minimum Gasteiger partial charge on any atom is -0.342 e. The Morgan fingerprint density at radius 2 is 2.25 bits per heavy atom. The lowest BCUT2D eigenvalue weighted by Crippen LogP contribution is -2.29. The Kier molecular flexibility index (Phi) is 5.18. The minimum atomic E-state index is -0.277. The molecule has 0 saturated carbocycles. The van der Waals surface area contributed by atoms with Crippen molar-refractivity contribution in [1.82, 2.24) is 20.1 Å². The van der Waals surface area contributed by atoms with Gasteiger partial charge in [0.05, 0.1) is 6.04 Å². The lowest BCUT2D eigenvalue weighted by Gasteiger charge is -2.19. The molecule has 0 unspecified atom stereocenters. The number of rotatable bonds is 5. The fourth-order valence-electron chi connectivity index (χ4n) is 2.98. The van der Waals surface area contributed by atoms with Crippen molar-refractivity contribution in [1.29, 1.82) is 0 Å². The Labute approximate surface area is 145 Å². The Balaban J connectivity index is 1.75. The van der Waals surface area contributed by atoms with Gasteiger partial charge in [0.25, 0.3) is 5.91 Å². The molecule has 24 heavy (non-hydrogen) atoms. The van der Waals surface area contributed by atoms with Crippen LogP contribution in [-0.4, -0.2) is 26.9 Å². The predicted molar refractivity (Wildman–Crippen MR) is 92.5 cm³/mol. The standard InChI is InChI=1S/C17H21FN4OS/c1-11(16-21-20-15-5-3-4-8-22(15)16)19-17(23)12-6-7-14(18)13(9-12)10-24-2/h6-7,9,11H,3-5,8,10H2,1-2H3,(H,19,23)/t11-/m1/s1. The number of carbonyl (C=O) groups excluding carboxylic acids is 1. The van der Waals surface area contributed by atoms with E-state index in [0.717, 1.165) is 37.5 Å². The fourth-order valence-corrected chi connectivity index (χ4v) is 3.51. The van der Waals surface area contributed by atoms with Crippen LogP contribution in [0.3, 0.4) is 0 Å². The molecule has 1 aliphatic rings. The fraction of sp³-hybridized carbons (Fsp3) is 0.471. The molecule has 0 fully saturated rings. The number of amides is 1. The topological polar surface area (TPSA) is 59.8 Å². The van der Waals surface area contributed by atoms with Gasteiger partial charge in [-0.25, -0.2) is 4.39 Å². The summed E-state index contributed by atoms with van der Waals surface area (Å²) < 4.78 is 15.8. The van der Waals surface area contributed by atoms with Gasteiger partial charge in [-0.15, -0.1) is 10.2 Å². The SMILES string of the molecule is CSCc1cc(C(=O)N[C@H](C)c2nnc3n2CCCC3)ccc1F. The number of nitrogens with one attached hydrogen (secondary N) is 1. The molecule has 2 aromatic rings. The first kappa shape index (κ1) is 17.0. The minimum absolute atomic E-state index is 0.224. The molecule has 0 saturated heterocycles. The van der Waals surface area contributed by atoms with E-state index >= 15 is 0 Å². The molecule has 1 aromatic heterocycles. The van der Waals surface area contributed by atoms with Crippen LogP contribution in [0.15, 0.2) is 18.2 Å². The van der Waals surface area contributed by atoms with E-state index in [-0.39, 0.29) is 17.8 Å². The van der Waals surface area contributed by atoms with Crippen molar-refractivity contribution in [2.45, 2.75) is 44.5 Å². The largest absolute Gasteiger partial charge is 0.342 e. The second-order valence-electron chi connectivity index (χ2n) is 6.02. The first-order valence-corrected chi connectivity index (χ1v) is 9.49. The second kappa shape index (κ2) is 7.34. The van der Waals surface area contributed by atoms with E-state index in [1.165, 1.54) is 23.9 Å². The Morgan fingerprint density at radius 1 is 1.42 bits per heavy atom. The van der Waals surface area contributed by atoms with Crippen molar-refractivity contribution in [3.8, 4) is 0 Å². The molecular formula is C17H21FN4OS. The number of fused-ring (bicyclic) bond motifs is 1. The van der Waals surface area contributed by atoms with Crippen molar-refractivity contribution in [3.05, 3.63) is 46.8 Å². The number of aromatic nitrogens is 3. The van der Waals surface area contributed by atoms with Crippen LogP contribution in [0.1, 0.15) is 53.4 Å². The number of aryl methyl sites for hydroxylation is 1. The summed E-state index contributed by atoms with van der Waals surface area (Å²) in [6, 6.07) is 4.24. The lowest BCUT2D eigenvalue weighted by molar-refractivity contribution is 0.0937. The highest BCUT2D eigenvalue weighted by Crippen LogP contribution is 2.20. The molecule has 1 aliphatic heterocycles. The van der Waals surface area contributed by atoms with Crippen molar-refractivity contribution in [2.24, 2.45) is 0 Å². The van der Waals surface area contributed by atoms with Gasteiger partial charge < -0.3 is 9.88 Å². The molecule has 1 atom stereocenters. The van der Waals surface area contributed by atoms with Crippen molar-refractivity contribution in [3.63, 3.8) is 0 Å². The van der Waals surface area contributed by atoms with Crippen molar-refractivity contribution in [2.75, 3.05) is 6.26 Å². The van der Waals surface area contributed by atoms with Gasteiger partial charge in [0, 0.05) is 24.3 Å². The van der Waals surface area contributed by atoms with E-state index in [1.807, 2.05) is 13.2 Å². The number of thioether (sulfide) groups is 1. The van der Waals surface area contributed by atoms with Gasteiger partial charge in [0.1, 0.15) is 11.6 Å². The molecule has 0 spiro atoms. The van der Waals surface area contributed by atoms with E-state index in [2.05, 4.69) is 20.1 Å². The maximum Gasteiger partial charge on any atom is 0.251 e. The highest BCUT2D eigenvalue weighted by atomic mass is 32.2. The zero-order chi connectivity index (χ0) is 17.1. The third-order valence-corrected chi connectivity index (χ3v) is 4.83. The number of benzene rings is 1. The molecule has 5 nitrogen and oxygen atoms in total. The number of carbonyl (C=O) groups is 1. The normalized spacial score (nSPS) is 15.0. The number of nitrogens with zero attached hydrogens (tertiary/aromatic N) is 3. The summed E-state index contributed by atoms with van der Waals surface area (Å²) in [7, 11) is 0. The quantitative estimate of drug-likeness (QED) is 0.902. The predicted octanol–water partition coefficient (Wildman–Crippen LogP) is 3.11. The van der Waals surface area contributed by atoms with Crippen LogP contribution < -0.4 is 5.32 Å². The lowest BCUT2D eigenvalue weighted by atomic mass is 10.1. The summed E-state index contributed by atoms with van der Waals surface area (Å²) in [5, 5.41) is 11.4. The van der Waals surface area contributed by atoms with E-state index in [4.69, 9.17) is 0 Å². The first-order chi connectivity index (χ1) is 11.6. The van der Waals surface area contributed by atoms with Crippen LogP contribution in [-0.2, 0) is 18.7 Å². The maximum absolute atomic E-state index is 13.7. The molecule has 1 N–H and O–H groups in total. The van der Waals surface area contributed by atoms with Crippen LogP contribution in [0, 0.1) is 5.82 Å². The zero-order valence-electron chi connectivity index (χ0n) is 13.9. The summed E-state index contributed by atoms with van der Waals surface area (Å²) in [6.07, 6.45) is 5.08. The third kappa shape index (κ3) is 3.45. The monoisotopic (exact) mass is 348 g/mol. The summed E-state index contributed by atoms with van der Waals surface area (Å²) in [4.78, 5) is 12.5. The average Bonchev–Trinajstić information content (AvgIpc) is 3.01. The number of hydrogen-bond donors (Lipinski definition) is 1. The van der Waals surface area contributed by atoms with E-state index in [9.17, 15) is 9.18 Å². The van der Waals surface area contributed by atoms with E-state index < -0.39 is 0 Å². The van der Waals surface area contributed by atoms with Crippen molar-refractivity contribution >= 4 is 17.7 Å². The van der Waals surface area contributed by atoms with Gasteiger partial charge in [0.15, 0.2) is 5.82 Å². The summed E-state index contributed by atoms with van der Waals surface area (Å²) in [5.41, 5.74) is 1.01. The van der Waals surface area contributed by atoms with Crippen LogP contribution in [0.4, 0.5) is 4.39 Å². The highest BCUT2D eigenvalue weighted by molar-refractivity contribution is 7.97. The van der Waals surface area contributed by atoms with Gasteiger partial charge in [0.2, 0.25) is 0 Å². The summed E-state index contributed by atoms with van der Waals surface area (Å²) in [6.45, 7) is 2.79. The smallest absolute Gasteiger partial charge is 0.251 e. The second-order valence-corrected chi connectivity index (χ2v) is 6.88. The number of halogens is 1. The molecule has 128 valence electrons. The molecule has 0 radical (unpaired) electrons. The van der Waals surface area contributed by atoms with Gasteiger partial charge in [-0.3, -0.25) is 4.79 Å². The van der Waals surface area contributed by atoms with Crippen LogP contribution in [0.5, 0.6) is 0 Å². The van der Waals surface area contributed by atoms with Gasteiger partial charge in [-0.1, -0.05) is 0 Å². The molecule has 1 aromatic carbocycles. The van der Waals surface area contributed by atoms with Crippen LogP contribution in [0.25, 0.3) is 0 Å². The highest BCUT2D eigenvalue weighted by Gasteiger charge is 2.22. The first-order valence-electron chi connectivity index (χ1n) is 8.10. The Bertz CT molecular complexity index is 746. The van der Waals surface area contributed by atoms with E-state index in [0.29, 0.717) is 16.9 Å². The summed E-state index contributed by atoms with van der Waals surface area (Å²) >= 11 is 1.52. The molecule has 1 amide bonds. The Hall–Kier alpha value is -1.89. The molecule has 0 bridgehead atoms. The molecule has 0 aliphatic carbocycles. The third-order valence-electron chi connectivity index (χ3n) is 4.23. The van der Waals surface area contributed by atoms with Gasteiger partial charge in [-0.05, 0) is 49.8 Å². The molecule has 3 rings (SSSR count). The average molecular weight is 348 g/mol. The van der Waals surface area contributed by atoms with Crippen LogP contribution >= 0.6 is 11.8 Å². The number of hydrogen-bond acceptors (Lipinski definition) is 4. The maximum atomic E-state index is 13.7. The van der Waals surface area contributed by atoms with Gasteiger partial charge >= 0.3 is 0 Å². The zero-order valence-corrected chi connectivity index (χ0v) is 14.7. The summed E-state index contributed by atoms with van der Waals surface area (Å²) in [5.74, 6) is 1.81. The van der Waals surface area contributed by atoms with Crippen molar-refractivity contribution < 1.29 is 9.18 Å². The molecular weight excluding hydrogens is 327 g/mol. The molecule has 7 heteroatoms.